The fourth-order valence-corrected chi connectivity index (χ4v) is 4.13. The van der Waals surface area contributed by atoms with E-state index < -0.39 is 0 Å². The first-order valence-electron chi connectivity index (χ1n) is 7.94. The van der Waals surface area contributed by atoms with Gasteiger partial charge in [-0.2, -0.15) is 0 Å². The van der Waals surface area contributed by atoms with Gasteiger partial charge >= 0.3 is 0 Å². The van der Waals surface area contributed by atoms with E-state index in [2.05, 4.69) is 10.5 Å². The number of aromatic nitrogens is 1. The number of hydrogen-bond donors (Lipinski definition) is 1. The van der Waals surface area contributed by atoms with Crippen LogP contribution in [0, 0.1) is 19.3 Å². The second-order valence-corrected chi connectivity index (χ2v) is 6.35. The SMILES string of the molecule is CCOC1CC(NC(=O)c2c(C)noc2C)C12CCCC2. The molecule has 2 aliphatic rings. The molecule has 2 atom stereocenters. The maximum Gasteiger partial charge on any atom is 0.257 e. The summed E-state index contributed by atoms with van der Waals surface area (Å²) in [5.74, 6) is 0.531. The predicted molar refractivity (Wildman–Crippen MR) is 78.2 cm³/mol. The Morgan fingerprint density at radius 2 is 2.14 bits per heavy atom. The third-order valence-corrected chi connectivity index (χ3v) is 5.25. The zero-order valence-electron chi connectivity index (χ0n) is 13.1. The van der Waals surface area contributed by atoms with Gasteiger partial charge < -0.3 is 14.6 Å². The summed E-state index contributed by atoms with van der Waals surface area (Å²) in [5.41, 5.74) is 1.40. The summed E-state index contributed by atoms with van der Waals surface area (Å²) in [4.78, 5) is 12.5. The van der Waals surface area contributed by atoms with Gasteiger partial charge in [-0.05, 0) is 40.0 Å². The molecule has 2 aliphatic carbocycles. The average Bonchev–Trinajstić information content (AvgIpc) is 3.07. The van der Waals surface area contributed by atoms with Crippen molar-refractivity contribution in [1.29, 1.82) is 0 Å². The Hall–Kier alpha value is -1.36. The van der Waals surface area contributed by atoms with Gasteiger partial charge in [0.2, 0.25) is 0 Å². The first-order valence-corrected chi connectivity index (χ1v) is 7.94. The lowest BCUT2D eigenvalue weighted by Gasteiger charge is -2.54. The Kier molecular flexibility index (Phi) is 3.78. The summed E-state index contributed by atoms with van der Waals surface area (Å²) in [6, 6.07) is 0.220. The number of nitrogens with one attached hydrogen (secondary N) is 1. The van der Waals surface area contributed by atoms with E-state index in [-0.39, 0.29) is 17.4 Å². The highest BCUT2D eigenvalue weighted by Gasteiger charge is 2.57. The topological polar surface area (TPSA) is 64.4 Å². The smallest absolute Gasteiger partial charge is 0.257 e. The molecule has 1 aromatic rings. The van der Waals surface area contributed by atoms with Crippen LogP contribution in [0.25, 0.3) is 0 Å². The minimum atomic E-state index is -0.0579. The van der Waals surface area contributed by atoms with Crippen LogP contribution in [-0.4, -0.2) is 29.8 Å². The summed E-state index contributed by atoms with van der Waals surface area (Å²) in [7, 11) is 0. The summed E-state index contributed by atoms with van der Waals surface area (Å²) >= 11 is 0. The van der Waals surface area contributed by atoms with Gasteiger partial charge in [0.15, 0.2) is 0 Å². The largest absolute Gasteiger partial charge is 0.378 e. The lowest BCUT2D eigenvalue weighted by atomic mass is 9.60. The highest BCUT2D eigenvalue weighted by atomic mass is 16.5. The molecular weight excluding hydrogens is 268 g/mol. The molecule has 0 bridgehead atoms. The maximum absolute atomic E-state index is 12.5. The fraction of sp³-hybridized carbons (Fsp3) is 0.750. The molecule has 1 N–H and O–H groups in total. The van der Waals surface area contributed by atoms with Crippen LogP contribution in [0.2, 0.25) is 0 Å². The van der Waals surface area contributed by atoms with Gasteiger partial charge in [-0.15, -0.1) is 0 Å². The Morgan fingerprint density at radius 1 is 1.43 bits per heavy atom. The van der Waals surface area contributed by atoms with E-state index in [4.69, 9.17) is 9.26 Å². The maximum atomic E-state index is 12.5. The van der Waals surface area contributed by atoms with Gasteiger partial charge in [0, 0.05) is 18.1 Å². The molecule has 2 unspecified atom stereocenters. The van der Waals surface area contributed by atoms with Crippen LogP contribution in [0.4, 0.5) is 0 Å². The number of carbonyl (C=O) groups excluding carboxylic acids is 1. The molecule has 5 nitrogen and oxygen atoms in total. The van der Waals surface area contributed by atoms with Crippen molar-refractivity contribution in [3.8, 4) is 0 Å². The Balaban J connectivity index is 1.72. The quantitative estimate of drug-likeness (QED) is 0.926. The molecule has 1 aromatic heterocycles. The van der Waals surface area contributed by atoms with Gasteiger partial charge in [-0.1, -0.05) is 18.0 Å². The molecule has 0 aliphatic heterocycles. The normalized spacial score (nSPS) is 26.8. The van der Waals surface area contributed by atoms with E-state index in [1.807, 2.05) is 6.92 Å². The van der Waals surface area contributed by atoms with E-state index in [1.165, 1.54) is 12.8 Å². The number of nitrogens with zero attached hydrogens (tertiary/aromatic N) is 1. The van der Waals surface area contributed by atoms with Crippen molar-refractivity contribution in [2.24, 2.45) is 5.41 Å². The minimum absolute atomic E-state index is 0.0579. The fourth-order valence-electron chi connectivity index (χ4n) is 4.13. The average molecular weight is 292 g/mol. The van der Waals surface area contributed by atoms with Crippen molar-refractivity contribution in [1.82, 2.24) is 10.5 Å². The molecule has 0 aromatic carbocycles. The molecule has 2 saturated carbocycles. The van der Waals surface area contributed by atoms with Gasteiger partial charge in [0.25, 0.3) is 5.91 Å². The highest BCUT2D eigenvalue weighted by Crippen LogP contribution is 2.54. The van der Waals surface area contributed by atoms with Crippen LogP contribution in [0.1, 0.15) is 60.8 Å². The lowest BCUT2D eigenvalue weighted by molar-refractivity contribution is -0.127. The highest BCUT2D eigenvalue weighted by molar-refractivity contribution is 5.96. The Morgan fingerprint density at radius 3 is 2.71 bits per heavy atom. The molecule has 0 radical (unpaired) electrons. The van der Waals surface area contributed by atoms with Crippen LogP contribution in [0.3, 0.4) is 0 Å². The zero-order chi connectivity index (χ0) is 15.0. The van der Waals surface area contributed by atoms with Crippen LogP contribution in [0.15, 0.2) is 4.52 Å². The molecule has 3 rings (SSSR count). The van der Waals surface area contributed by atoms with Crippen molar-refractivity contribution < 1.29 is 14.1 Å². The molecule has 1 spiro atoms. The number of aryl methyl sites for hydroxylation is 2. The number of ether oxygens (including phenoxy) is 1. The predicted octanol–water partition coefficient (Wildman–Crippen LogP) is 2.76. The minimum Gasteiger partial charge on any atom is -0.378 e. The van der Waals surface area contributed by atoms with E-state index in [0.29, 0.717) is 23.1 Å². The molecule has 2 fully saturated rings. The third kappa shape index (κ3) is 2.27. The van der Waals surface area contributed by atoms with E-state index >= 15 is 0 Å². The van der Waals surface area contributed by atoms with Crippen LogP contribution >= 0.6 is 0 Å². The van der Waals surface area contributed by atoms with Gasteiger partial charge in [-0.25, -0.2) is 0 Å². The van der Waals surface area contributed by atoms with Crippen molar-refractivity contribution in [2.75, 3.05) is 6.61 Å². The monoisotopic (exact) mass is 292 g/mol. The van der Waals surface area contributed by atoms with Gasteiger partial charge in [0.05, 0.1) is 11.8 Å². The summed E-state index contributed by atoms with van der Waals surface area (Å²) in [6.45, 7) is 6.37. The van der Waals surface area contributed by atoms with Crippen LogP contribution < -0.4 is 5.32 Å². The van der Waals surface area contributed by atoms with Gasteiger partial charge in [0.1, 0.15) is 11.3 Å². The van der Waals surface area contributed by atoms with Crippen molar-refractivity contribution in [2.45, 2.75) is 65.0 Å². The molecule has 116 valence electrons. The molecule has 21 heavy (non-hydrogen) atoms. The Bertz CT molecular complexity index is 512. The van der Waals surface area contributed by atoms with E-state index in [9.17, 15) is 4.79 Å². The van der Waals surface area contributed by atoms with E-state index in [1.54, 1.807) is 13.8 Å². The molecule has 0 saturated heterocycles. The molecule has 1 heterocycles. The first kappa shape index (κ1) is 14.6. The second kappa shape index (κ2) is 5.44. The zero-order valence-corrected chi connectivity index (χ0v) is 13.1. The standard InChI is InChI=1S/C16H24N2O3/c1-4-20-13-9-12(16(13)7-5-6-8-16)17-15(19)14-10(2)18-21-11(14)3/h12-13H,4-9H2,1-3H3,(H,17,19). The number of carbonyl (C=O) groups is 1. The van der Waals surface area contributed by atoms with Crippen LogP contribution in [-0.2, 0) is 4.74 Å². The van der Waals surface area contributed by atoms with Crippen molar-refractivity contribution >= 4 is 5.91 Å². The first-order chi connectivity index (χ1) is 10.1. The molecular formula is C16H24N2O3. The number of rotatable bonds is 4. The summed E-state index contributed by atoms with van der Waals surface area (Å²) < 4.78 is 11.0. The lowest BCUT2D eigenvalue weighted by Crippen LogP contribution is -2.63. The summed E-state index contributed by atoms with van der Waals surface area (Å²) in [6.07, 6.45) is 6.01. The third-order valence-electron chi connectivity index (χ3n) is 5.25. The molecule has 1 amide bonds. The molecule has 5 heteroatoms. The van der Waals surface area contributed by atoms with Gasteiger partial charge in [-0.3, -0.25) is 4.79 Å². The van der Waals surface area contributed by atoms with Crippen molar-refractivity contribution in [3.63, 3.8) is 0 Å². The summed E-state index contributed by atoms with van der Waals surface area (Å²) in [5, 5.41) is 7.06. The second-order valence-electron chi connectivity index (χ2n) is 6.35. The van der Waals surface area contributed by atoms with Crippen molar-refractivity contribution in [3.05, 3.63) is 17.0 Å². The van der Waals surface area contributed by atoms with E-state index in [0.717, 1.165) is 25.9 Å². The number of hydrogen-bond acceptors (Lipinski definition) is 4. The number of amides is 1. The Labute approximate surface area is 125 Å². The van der Waals surface area contributed by atoms with Crippen LogP contribution in [0.5, 0.6) is 0 Å².